The lowest BCUT2D eigenvalue weighted by Crippen LogP contribution is -2.31. The number of methoxy groups -OCH3 is 1. The maximum Gasteiger partial charge on any atom is 0.273 e. The SMILES string of the molecule is CCN(CC)c1ncc(Cl)c(C(=O)N(C)CCCOC)n1. The first-order valence-corrected chi connectivity index (χ1v) is 7.44. The fourth-order valence-corrected chi connectivity index (χ4v) is 2.07. The van der Waals surface area contributed by atoms with Gasteiger partial charge in [0.15, 0.2) is 5.69 Å². The predicted octanol–water partition coefficient (Wildman–Crippen LogP) is 2.08. The number of ether oxygens (including phenoxy) is 1. The molecular formula is C14H23ClN4O2. The smallest absolute Gasteiger partial charge is 0.273 e. The van der Waals surface area contributed by atoms with Crippen LogP contribution in [0, 0.1) is 0 Å². The summed E-state index contributed by atoms with van der Waals surface area (Å²) in [7, 11) is 3.37. The topological polar surface area (TPSA) is 58.6 Å². The van der Waals surface area contributed by atoms with Crippen molar-refractivity contribution in [2.45, 2.75) is 20.3 Å². The van der Waals surface area contributed by atoms with Crippen LogP contribution in [0.3, 0.4) is 0 Å². The van der Waals surface area contributed by atoms with E-state index in [2.05, 4.69) is 9.97 Å². The first kappa shape index (κ1) is 17.7. The van der Waals surface area contributed by atoms with Crippen LogP contribution in [-0.4, -0.2) is 61.2 Å². The fourth-order valence-electron chi connectivity index (χ4n) is 1.89. The Bertz CT molecular complexity index is 466. The molecule has 7 heteroatoms. The summed E-state index contributed by atoms with van der Waals surface area (Å²) in [5.41, 5.74) is 0.244. The summed E-state index contributed by atoms with van der Waals surface area (Å²) in [6.45, 7) is 6.78. The minimum atomic E-state index is -0.202. The molecule has 1 aromatic rings. The summed E-state index contributed by atoms with van der Waals surface area (Å²) >= 11 is 6.07. The van der Waals surface area contributed by atoms with Gasteiger partial charge >= 0.3 is 0 Å². The summed E-state index contributed by atoms with van der Waals surface area (Å²) in [5, 5.41) is 0.273. The highest BCUT2D eigenvalue weighted by Crippen LogP contribution is 2.18. The van der Waals surface area contributed by atoms with E-state index in [1.807, 2.05) is 18.7 Å². The summed E-state index contributed by atoms with van der Waals surface area (Å²) in [6.07, 6.45) is 2.25. The lowest BCUT2D eigenvalue weighted by Gasteiger charge is -2.21. The monoisotopic (exact) mass is 314 g/mol. The predicted molar refractivity (Wildman–Crippen MR) is 84.1 cm³/mol. The van der Waals surface area contributed by atoms with Crippen molar-refractivity contribution >= 4 is 23.5 Å². The van der Waals surface area contributed by atoms with Crippen LogP contribution in [0.1, 0.15) is 30.8 Å². The highest BCUT2D eigenvalue weighted by atomic mass is 35.5. The van der Waals surface area contributed by atoms with Gasteiger partial charge in [-0.15, -0.1) is 0 Å². The van der Waals surface area contributed by atoms with E-state index in [1.165, 1.54) is 6.20 Å². The second-order valence-electron chi connectivity index (χ2n) is 4.61. The molecule has 0 radical (unpaired) electrons. The third-order valence-electron chi connectivity index (χ3n) is 3.17. The Kier molecular flexibility index (Phi) is 7.39. The van der Waals surface area contributed by atoms with E-state index in [0.717, 1.165) is 19.5 Å². The molecule has 1 aromatic heterocycles. The highest BCUT2D eigenvalue weighted by molar-refractivity contribution is 6.33. The minimum Gasteiger partial charge on any atom is -0.385 e. The Hall–Kier alpha value is -1.40. The molecule has 1 amide bonds. The van der Waals surface area contributed by atoms with Crippen molar-refractivity contribution in [2.75, 3.05) is 45.3 Å². The summed E-state index contributed by atoms with van der Waals surface area (Å²) < 4.78 is 4.98. The molecule has 118 valence electrons. The van der Waals surface area contributed by atoms with E-state index in [9.17, 15) is 4.79 Å². The Morgan fingerprint density at radius 2 is 2.05 bits per heavy atom. The van der Waals surface area contributed by atoms with Crippen LogP contribution in [0.15, 0.2) is 6.20 Å². The third kappa shape index (κ3) is 4.82. The van der Waals surface area contributed by atoms with E-state index in [4.69, 9.17) is 16.3 Å². The van der Waals surface area contributed by atoms with Crippen molar-refractivity contribution in [1.29, 1.82) is 0 Å². The van der Waals surface area contributed by atoms with Gasteiger partial charge in [-0.2, -0.15) is 0 Å². The third-order valence-corrected chi connectivity index (χ3v) is 3.45. The molecule has 0 aliphatic heterocycles. The van der Waals surface area contributed by atoms with Crippen LogP contribution in [0.2, 0.25) is 5.02 Å². The van der Waals surface area contributed by atoms with Crippen molar-refractivity contribution in [2.24, 2.45) is 0 Å². The van der Waals surface area contributed by atoms with Gasteiger partial charge < -0.3 is 14.5 Å². The molecule has 0 saturated heterocycles. The first-order chi connectivity index (χ1) is 10.0. The average molecular weight is 315 g/mol. The number of halogens is 1. The minimum absolute atomic E-state index is 0.202. The molecule has 0 aromatic carbocycles. The van der Waals surface area contributed by atoms with Gasteiger partial charge in [-0.05, 0) is 20.3 Å². The van der Waals surface area contributed by atoms with Crippen LogP contribution < -0.4 is 4.90 Å². The summed E-state index contributed by atoms with van der Waals surface area (Å²) in [5.74, 6) is 0.324. The van der Waals surface area contributed by atoms with E-state index in [-0.39, 0.29) is 16.6 Å². The zero-order chi connectivity index (χ0) is 15.8. The molecule has 6 nitrogen and oxygen atoms in total. The van der Waals surface area contributed by atoms with Crippen LogP contribution >= 0.6 is 11.6 Å². The molecule has 0 spiro atoms. The molecule has 0 N–H and O–H groups in total. The van der Waals surface area contributed by atoms with E-state index in [0.29, 0.717) is 19.1 Å². The number of amides is 1. The standard InChI is InChI=1S/C14H23ClN4O2/c1-5-19(6-2)14-16-10-11(15)12(17-14)13(20)18(3)8-7-9-21-4/h10H,5-9H2,1-4H3. The number of rotatable bonds is 8. The van der Waals surface area contributed by atoms with Crippen LogP contribution in [-0.2, 0) is 4.74 Å². The molecule has 0 unspecified atom stereocenters. The lowest BCUT2D eigenvalue weighted by atomic mass is 10.3. The fraction of sp³-hybridized carbons (Fsp3) is 0.643. The van der Waals surface area contributed by atoms with Gasteiger partial charge in [0.1, 0.15) is 0 Å². The van der Waals surface area contributed by atoms with Gasteiger partial charge in [-0.1, -0.05) is 11.6 Å². The molecule has 0 aliphatic carbocycles. The van der Waals surface area contributed by atoms with Crippen LogP contribution in [0.25, 0.3) is 0 Å². The Balaban J connectivity index is 2.90. The van der Waals surface area contributed by atoms with Gasteiger partial charge in [-0.3, -0.25) is 4.79 Å². The largest absolute Gasteiger partial charge is 0.385 e. The van der Waals surface area contributed by atoms with E-state index >= 15 is 0 Å². The molecule has 1 heterocycles. The molecule has 0 fully saturated rings. The lowest BCUT2D eigenvalue weighted by molar-refractivity contribution is 0.0773. The van der Waals surface area contributed by atoms with Crippen molar-refractivity contribution in [3.05, 3.63) is 16.9 Å². The van der Waals surface area contributed by atoms with Crippen molar-refractivity contribution in [3.63, 3.8) is 0 Å². The molecule has 0 saturated carbocycles. The normalized spacial score (nSPS) is 10.5. The number of aromatic nitrogens is 2. The maximum atomic E-state index is 12.4. The van der Waals surface area contributed by atoms with Gasteiger partial charge in [0.05, 0.1) is 11.2 Å². The number of anilines is 1. The zero-order valence-electron chi connectivity index (χ0n) is 13.1. The van der Waals surface area contributed by atoms with Crippen molar-refractivity contribution in [3.8, 4) is 0 Å². The van der Waals surface area contributed by atoms with Gasteiger partial charge in [0, 0.05) is 40.4 Å². The van der Waals surface area contributed by atoms with Crippen molar-refractivity contribution < 1.29 is 9.53 Å². The number of carbonyl (C=O) groups is 1. The second-order valence-corrected chi connectivity index (χ2v) is 5.02. The van der Waals surface area contributed by atoms with Crippen LogP contribution in [0.5, 0.6) is 0 Å². The van der Waals surface area contributed by atoms with E-state index < -0.39 is 0 Å². The number of hydrogen-bond acceptors (Lipinski definition) is 5. The highest BCUT2D eigenvalue weighted by Gasteiger charge is 2.19. The Labute approximate surface area is 131 Å². The number of nitrogens with zero attached hydrogens (tertiary/aromatic N) is 4. The van der Waals surface area contributed by atoms with Gasteiger partial charge in [0.25, 0.3) is 5.91 Å². The van der Waals surface area contributed by atoms with Crippen molar-refractivity contribution in [1.82, 2.24) is 14.9 Å². The van der Waals surface area contributed by atoms with Gasteiger partial charge in [-0.25, -0.2) is 9.97 Å². The maximum absolute atomic E-state index is 12.4. The Morgan fingerprint density at radius 1 is 1.38 bits per heavy atom. The molecule has 0 bridgehead atoms. The van der Waals surface area contributed by atoms with Crippen LogP contribution in [0.4, 0.5) is 5.95 Å². The molecule has 0 atom stereocenters. The Morgan fingerprint density at radius 3 is 2.62 bits per heavy atom. The zero-order valence-corrected chi connectivity index (χ0v) is 13.9. The summed E-state index contributed by atoms with van der Waals surface area (Å²) in [4.78, 5) is 24.5. The molecule has 21 heavy (non-hydrogen) atoms. The molecule has 0 aliphatic rings. The quantitative estimate of drug-likeness (QED) is 0.688. The summed E-state index contributed by atoms with van der Waals surface area (Å²) in [6, 6.07) is 0. The first-order valence-electron chi connectivity index (χ1n) is 7.07. The number of carbonyl (C=O) groups excluding carboxylic acids is 1. The average Bonchev–Trinajstić information content (AvgIpc) is 2.49. The molecular weight excluding hydrogens is 292 g/mol. The number of hydrogen-bond donors (Lipinski definition) is 0. The second kappa shape index (κ2) is 8.79. The molecule has 1 rings (SSSR count). The van der Waals surface area contributed by atoms with E-state index in [1.54, 1.807) is 19.1 Å². The van der Waals surface area contributed by atoms with Gasteiger partial charge in [0.2, 0.25) is 5.95 Å².